The summed E-state index contributed by atoms with van der Waals surface area (Å²) in [6, 6.07) is 6.10. The normalized spacial score (nSPS) is 11.8. The van der Waals surface area contributed by atoms with Gasteiger partial charge in [-0.05, 0) is 36.6 Å². The lowest BCUT2D eigenvalue weighted by molar-refractivity contribution is 1.20. The van der Waals surface area contributed by atoms with Crippen molar-refractivity contribution in [2.24, 2.45) is 0 Å². The number of nitrogens with zero attached hydrogens (tertiary/aromatic N) is 2. The van der Waals surface area contributed by atoms with E-state index in [4.69, 9.17) is 0 Å². The molecule has 0 atom stereocenters. The number of rotatable bonds is 3. The van der Waals surface area contributed by atoms with E-state index in [1.807, 2.05) is 18.2 Å². The van der Waals surface area contributed by atoms with Crippen LogP contribution in [0.4, 0.5) is 0 Å². The molecule has 86 valence electrons. The molecule has 0 spiro atoms. The molecule has 0 aliphatic rings. The molecule has 0 fully saturated rings. The molecule has 1 aromatic heterocycles. The van der Waals surface area contributed by atoms with E-state index in [1.165, 1.54) is 5.56 Å². The van der Waals surface area contributed by atoms with Gasteiger partial charge in [-0.25, -0.2) is 4.98 Å². The summed E-state index contributed by atoms with van der Waals surface area (Å²) >= 11 is 0. The molecule has 2 heteroatoms. The monoisotopic (exact) mass is 224 g/mol. The Labute approximate surface area is 102 Å². The Bertz CT molecular complexity index is 582. The lowest BCUT2D eigenvalue weighted by atomic mass is 10.1. The van der Waals surface area contributed by atoms with E-state index in [9.17, 15) is 0 Å². The second kappa shape index (κ2) is 4.91. The number of allylic oxidation sites excluding steroid dienone is 3. The van der Waals surface area contributed by atoms with Crippen molar-refractivity contribution in [2.75, 3.05) is 0 Å². The standard InChI is InChI=1S/C15H16N2/c1-4-6-12(5-2)15-10-16-13-8-7-11(3)9-14(13)17-15/h5-10H,2,4H2,1,3H3/b12-6+. The van der Waals surface area contributed by atoms with Crippen molar-refractivity contribution in [2.45, 2.75) is 20.3 Å². The van der Waals surface area contributed by atoms with Gasteiger partial charge in [0.05, 0.1) is 22.9 Å². The molecule has 0 amide bonds. The van der Waals surface area contributed by atoms with Gasteiger partial charge in [-0.15, -0.1) is 0 Å². The van der Waals surface area contributed by atoms with Gasteiger partial charge >= 0.3 is 0 Å². The summed E-state index contributed by atoms with van der Waals surface area (Å²) < 4.78 is 0. The van der Waals surface area contributed by atoms with Gasteiger partial charge in [0.1, 0.15) is 0 Å². The molecule has 2 aromatic rings. The summed E-state index contributed by atoms with van der Waals surface area (Å²) in [6.45, 7) is 7.98. The van der Waals surface area contributed by atoms with Crippen LogP contribution in [0, 0.1) is 6.92 Å². The van der Waals surface area contributed by atoms with Crippen LogP contribution in [0.25, 0.3) is 16.6 Å². The molecule has 2 nitrogen and oxygen atoms in total. The van der Waals surface area contributed by atoms with Crippen molar-refractivity contribution in [1.29, 1.82) is 0 Å². The topological polar surface area (TPSA) is 25.8 Å². The quantitative estimate of drug-likeness (QED) is 0.738. The fourth-order valence-corrected chi connectivity index (χ4v) is 1.77. The van der Waals surface area contributed by atoms with Gasteiger partial charge in [0, 0.05) is 0 Å². The van der Waals surface area contributed by atoms with Gasteiger partial charge in [-0.1, -0.05) is 31.7 Å². The Morgan fingerprint density at radius 3 is 2.88 bits per heavy atom. The van der Waals surface area contributed by atoms with Crippen LogP contribution in [0.1, 0.15) is 24.6 Å². The molecule has 2 rings (SSSR count). The molecule has 0 unspecified atom stereocenters. The minimum atomic E-state index is 0.889. The highest BCUT2D eigenvalue weighted by Gasteiger charge is 2.02. The highest BCUT2D eigenvalue weighted by atomic mass is 14.8. The van der Waals surface area contributed by atoms with Gasteiger partial charge in [0.15, 0.2) is 0 Å². The Hall–Kier alpha value is -1.96. The zero-order valence-corrected chi connectivity index (χ0v) is 10.3. The van der Waals surface area contributed by atoms with Gasteiger partial charge in [-0.2, -0.15) is 0 Å². The number of hydrogen-bond acceptors (Lipinski definition) is 2. The first-order valence-electron chi connectivity index (χ1n) is 5.81. The Kier molecular flexibility index (Phi) is 3.33. The predicted octanol–water partition coefficient (Wildman–Crippen LogP) is 3.92. The summed E-state index contributed by atoms with van der Waals surface area (Å²) in [5.41, 5.74) is 5.00. The molecule has 0 aliphatic heterocycles. The van der Waals surface area contributed by atoms with Crippen molar-refractivity contribution in [3.8, 4) is 0 Å². The van der Waals surface area contributed by atoms with Gasteiger partial charge < -0.3 is 0 Å². The van der Waals surface area contributed by atoms with E-state index >= 15 is 0 Å². The van der Waals surface area contributed by atoms with Crippen LogP contribution in [0.3, 0.4) is 0 Å². The summed E-state index contributed by atoms with van der Waals surface area (Å²) in [4.78, 5) is 9.05. The lowest BCUT2D eigenvalue weighted by Crippen LogP contribution is -1.91. The molecule has 0 N–H and O–H groups in total. The first kappa shape index (κ1) is 11.5. The third-order valence-electron chi connectivity index (χ3n) is 2.64. The maximum Gasteiger partial charge on any atom is 0.0896 e. The van der Waals surface area contributed by atoms with Crippen LogP contribution in [-0.2, 0) is 0 Å². The zero-order valence-electron chi connectivity index (χ0n) is 10.3. The highest BCUT2D eigenvalue weighted by Crippen LogP contribution is 2.17. The predicted molar refractivity (Wildman–Crippen MR) is 72.7 cm³/mol. The molecule has 0 aliphatic carbocycles. The van der Waals surface area contributed by atoms with Crippen LogP contribution >= 0.6 is 0 Å². The van der Waals surface area contributed by atoms with Crippen molar-refractivity contribution in [3.63, 3.8) is 0 Å². The van der Waals surface area contributed by atoms with Gasteiger partial charge in [0.2, 0.25) is 0 Å². The van der Waals surface area contributed by atoms with Gasteiger partial charge in [0.25, 0.3) is 0 Å². The summed E-state index contributed by atoms with van der Waals surface area (Å²) in [5.74, 6) is 0. The SMILES string of the molecule is C=C/C(=C\CC)c1cnc2ccc(C)cc2n1. The highest BCUT2D eigenvalue weighted by molar-refractivity contribution is 5.79. The first-order valence-corrected chi connectivity index (χ1v) is 5.81. The molecular weight excluding hydrogens is 208 g/mol. The third kappa shape index (κ3) is 2.41. The molecule has 0 radical (unpaired) electrons. The van der Waals surface area contributed by atoms with Crippen molar-refractivity contribution >= 4 is 16.6 Å². The van der Waals surface area contributed by atoms with Crippen LogP contribution in [0.5, 0.6) is 0 Å². The van der Waals surface area contributed by atoms with E-state index < -0.39 is 0 Å². The van der Waals surface area contributed by atoms with Crippen molar-refractivity contribution in [3.05, 3.63) is 54.4 Å². The van der Waals surface area contributed by atoms with E-state index in [2.05, 4.69) is 42.5 Å². The van der Waals surface area contributed by atoms with Crippen molar-refractivity contribution in [1.82, 2.24) is 9.97 Å². The Balaban J connectivity index is 2.57. The molecule has 0 saturated heterocycles. The van der Waals surface area contributed by atoms with Crippen LogP contribution in [0.2, 0.25) is 0 Å². The first-order chi connectivity index (χ1) is 8.24. The maximum atomic E-state index is 4.62. The van der Waals surface area contributed by atoms with E-state index in [1.54, 1.807) is 6.20 Å². The van der Waals surface area contributed by atoms with E-state index in [-0.39, 0.29) is 0 Å². The Morgan fingerprint density at radius 1 is 1.35 bits per heavy atom. The number of fused-ring (bicyclic) bond motifs is 1. The maximum absolute atomic E-state index is 4.62. The molecule has 17 heavy (non-hydrogen) atoms. The molecular formula is C15H16N2. The van der Waals surface area contributed by atoms with Crippen molar-refractivity contribution < 1.29 is 0 Å². The largest absolute Gasteiger partial charge is 0.252 e. The second-order valence-electron chi connectivity index (χ2n) is 4.02. The number of hydrogen-bond donors (Lipinski definition) is 0. The smallest absolute Gasteiger partial charge is 0.0896 e. The van der Waals surface area contributed by atoms with Crippen LogP contribution < -0.4 is 0 Å². The van der Waals surface area contributed by atoms with Crippen LogP contribution in [-0.4, -0.2) is 9.97 Å². The minimum Gasteiger partial charge on any atom is -0.252 e. The fraction of sp³-hybridized carbons (Fsp3) is 0.200. The minimum absolute atomic E-state index is 0.889. The third-order valence-corrected chi connectivity index (χ3v) is 2.64. The number of aryl methyl sites for hydroxylation is 1. The molecule has 0 bridgehead atoms. The van der Waals surface area contributed by atoms with Crippen LogP contribution in [0.15, 0.2) is 43.1 Å². The number of benzene rings is 1. The molecule has 1 aromatic carbocycles. The average Bonchev–Trinajstić information content (AvgIpc) is 2.35. The summed E-state index contributed by atoms with van der Waals surface area (Å²) in [6.07, 6.45) is 6.71. The zero-order chi connectivity index (χ0) is 12.3. The average molecular weight is 224 g/mol. The van der Waals surface area contributed by atoms with Gasteiger partial charge in [-0.3, -0.25) is 4.98 Å². The number of aromatic nitrogens is 2. The fourth-order valence-electron chi connectivity index (χ4n) is 1.77. The summed E-state index contributed by atoms with van der Waals surface area (Å²) in [7, 11) is 0. The van der Waals surface area contributed by atoms with E-state index in [0.717, 1.165) is 28.7 Å². The second-order valence-corrected chi connectivity index (χ2v) is 4.02. The summed E-state index contributed by atoms with van der Waals surface area (Å²) in [5, 5.41) is 0. The lowest BCUT2D eigenvalue weighted by Gasteiger charge is -2.03. The molecule has 0 saturated carbocycles. The molecule has 1 heterocycles. The Morgan fingerprint density at radius 2 is 2.18 bits per heavy atom. The van der Waals surface area contributed by atoms with E-state index in [0.29, 0.717) is 0 Å².